The molecule has 0 amide bonds. The van der Waals surface area contributed by atoms with Crippen LogP contribution in [-0.2, 0) is 19.9 Å². The van der Waals surface area contributed by atoms with Crippen molar-refractivity contribution in [3.63, 3.8) is 0 Å². The van der Waals surface area contributed by atoms with Gasteiger partial charge in [0, 0.05) is 5.92 Å². The molecule has 4 rings (SSSR count). The van der Waals surface area contributed by atoms with E-state index in [0.29, 0.717) is 5.92 Å². The first-order chi connectivity index (χ1) is 14.7. The van der Waals surface area contributed by atoms with E-state index in [9.17, 15) is 0 Å². The van der Waals surface area contributed by atoms with Crippen LogP contribution in [-0.4, -0.2) is 19.0 Å². The van der Waals surface area contributed by atoms with Gasteiger partial charge in [-0.1, -0.05) is 105 Å². The Morgan fingerprint density at radius 2 is 1.13 bits per heavy atom. The second-order valence-corrected chi connectivity index (χ2v) is 11.5. The summed E-state index contributed by atoms with van der Waals surface area (Å²) in [6.45, 7) is 5.81. The Hall–Kier alpha value is -1.24. The second kappa shape index (κ2) is 14.7. The van der Waals surface area contributed by atoms with Gasteiger partial charge in [0.2, 0.25) is 0 Å². The second-order valence-electron chi connectivity index (χ2n) is 6.62. The van der Waals surface area contributed by atoms with Gasteiger partial charge >= 0.3 is 34.5 Å². The summed E-state index contributed by atoms with van der Waals surface area (Å²) < 4.78 is 5.16. The summed E-state index contributed by atoms with van der Waals surface area (Å²) in [5, 5.41) is 4.19. The quantitative estimate of drug-likeness (QED) is 0.295. The van der Waals surface area contributed by atoms with Crippen LogP contribution in [0.2, 0.25) is 0 Å². The van der Waals surface area contributed by atoms with Crippen LogP contribution in [0.25, 0.3) is 0 Å². The van der Waals surface area contributed by atoms with E-state index < -0.39 is 7.92 Å². The minimum absolute atomic E-state index is 0.346. The molecular weight excluding hydrogens is 521 g/mol. The van der Waals surface area contributed by atoms with Gasteiger partial charge in [0.25, 0.3) is 0 Å². The molecule has 1 aliphatic heterocycles. The summed E-state index contributed by atoms with van der Waals surface area (Å²) in [4.78, 5) is 4.13. The molecule has 160 valence electrons. The zero-order valence-electron chi connectivity index (χ0n) is 17.1. The molecule has 1 aliphatic rings. The van der Waals surface area contributed by atoms with Crippen LogP contribution in [0, 0.1) is 5.92 Å². The van der Waals surface area contributed by atoms with Crippen molar-refractivity contribution in [1.82, 2.24) is 0 Å². The van der Waals surface area contributed by atoms with Crippen molar-refractivity contribution < 1.29 is 19.9 Å². The standard InChI is InChI=1S/C18H15P.C6H11NO.2ClH.Ru/c1-4-10-16(11-5-1)19(17-12-6-2-7-13-17)18-14-8-3-9-15-18;1-5(2)6-7-3-4-8-6;;;/h1-15H;5H,3-4H2,1-2H3;2*1H;/q;;;;+2/p-2. The van der Waals surface area contributed by atoms with Gasteiger partial charge in [-0.05, 0) is 23.8 Å². The number of hydrogen-bond acceptors (Lipinski definition) is 2. The van der Waals surface area contributed by atoms with E-state index in [2.05, 4.69) is 110 Å². The average molecular weight is 547 g/mol. The van der Waals surface area contributed by atoms with Crippen LogP contribution in [0.3, 0.4) is 0 Å². The third-order valence-corrected chi connectivity index (χ3v) is 6.59. The number of aliphatic imine (C=N–C) groups is 1. The van der Waals surface area contributed by atoms with E-state index in [1.165, 1.54) is 15.9 Å². The van der Waals surface area contributed by atoms with Gasteiger partial charge < -0.3 is 4.74 Å². The maximum absolute atomic E-state index is 5.16. The Balaban J connectivity index is 0.000000243. The number of rotatable bonds is 4. The summed E-state index contributed by atoms with van der Waals surface area (Å²) >= 11 is -0.346. The monoisotopic (exact) mass is 547 g/mol. The van der Waals surface area contributed by atoms with Gasteiger partial charge in [-0.15, -0.1) is 0 Å². The molecule has 6 heteroatoms. The SMILES string of the molecule is CC(C)C1=NCCO1.[Cl][Ru][Cl].c1ccc(P(c2ccccc2)c2ccccc2)cc1. The van der Waals surface area contributed by atoms with Gasteiger partial charge in [0.05, 0.1) is 6.54 Å². The molecule has 0 aliphatic carbocycles. The van der Waals surface area contributed by atoms with Crippen molar-refractivity contribution in [2.45, 2.75) is 13.8 Å². The maximum atomic E-state index is 5.16. The number of nitrogens with zero attached hydrogens (tertiary/aromatic N) is 1. The largest absolute Gasteiger partial charge is 0.0622 e. The Labute approximate surface area is 197 Å². The zero-order chi connectivity index (χ0) is 21.6. The molecule has 3 aromatic rings. The van der Waals surface area contributed by atoms with Crippen molar-refractivity contribution in [2.24, 2.45) is 10.9 Å². The average Bonchev–Trinajstić information content (AvgIpc) is 3.33. The topological polar surface area (TPSA) is 21.6 Å². The third kappa shape index (κ3) is 8.48. The number of benzene rings is 3. The fraction of sp³-hybridized carbons (Fsp3) is 0.208. The molecule has 0 saturated carbocycles. The summed E-state index contributed by atoms with van der Waals surface area (Å²) in [7, 11) is 9.26. The molecule has 0 aromatic heterocycles. The normalized spacial score (nSPS) is 12.4. The van der Waals surface area contributed by atoms with Crippen molar-refractivity contribution in [3.8, 4) is 0 Å². The van der Waals surface area contributed by atoms with E-state index in [1.54, 1.807) is 0 Å². The third-order valence-electron chi connectivity index (χ3n) is 4.15. The Morgan fingerprint density at radius 3 is 1.37 bits per heavy atom. The summed E-state index contributed by atoms with van der Waals surface area (Å²) in [5.41, 5.74) is 0. The van der Waals surface area contributed by atoms with E-state index in [0.717, 1.165) is 19.0 Å². The van der Waals surface area contributed by atoms with Gasteiger partial charge in [-0.25, -0.2) is 0 Å². The van der Waals surface area contributed by atoms with Crippen molar-refractivity contribution in [3.05, 3.63) is 91.0 Å². The molecule has 0 fully saturated rings. The number of ether oxygens (including phenoxy) is 1. The molecule has 3 aromatic carbocycles. The van der Waals surface area contributed by atoms with E-state index in [1.807, 2.05) is 0 Å². The first-order valence-electron chi connectivity index (χ1n) is 9.65. The molecule has 1 heterocycles. The molecule has 0 unspecified atom stereocenters. The van der Waals surface area contributed by atoms with Crippen molar-refractivity contribution in [2.75, 3.05) is 13.2 Å². The minimum Gasteiger partial charge on any atom is -0.0622 e. The van der Waals surface area contributed by atoms with Crippen LogP contribution < -0.4 is 15.9 Å². The fourth-order valence-corrected chi connectivity index (χ4v) is 5.18. The Morgan fingerprint density at radius 1 is 0.767 bits per heavy atom. The molecule has 2 nitrogen and oxygen atoms in total. The summed E-state index contributed by atoms with van der Waals surface area (Å²) in [5.74, 6) is 1.39. The van der Waals surface area contributed by atoms with E-state index in [-0.39, 0.29) is 15.1 Å². The molecule has 0 spiro atoms. The van der Waals surface area contributed by atoms with Crippen LogP contribution in [0.4, 0.5) is 0 Å². The summed E-state index contributed by atoms with van der Waals surface area (Å²) in [6.07, 6.45) is 0. The zero-order valence-corrected chi connectivity index (χ0v) is 21.2. The predicted molar refractivity (Wildman–Crippen MR) is 130 cm³/mol. The van der Waals surface area contributed by atoms with Crippen molar-refractivity contribution >= 4 is 49.1 Å². The minimum atomic E-state index is -0.446. The van der Waals surface area contributed by atoms with Gasteiger partial charge in [0.1, 0.15) is 6.61 Å². The molecule has 0 bridgehead atoms. The Kier molecular flexibility index (Phi) is 12.3. The molecule has 0 N–H and O–H groups in total. The summed E-state index contributed by atoms with van der Waals surface area (Å²) in [6, 6.07) is 32.3. The molecule has 0 saturated heterocycles. The van der Waals surface area contributed by atoms with Crippen molar-refractivity contribution in [1.29, 1.82) is 0 Å². The molecule has 30 heavy (non-hydrogen) atoms. The maximum Gasteiger partial charge on any atom is -0.0134 e. The number of hydrogen-bond donors (Lipinski definition) is 0. The smallest absolute Gasteiger partial charge is 0.0134 e. The van der Waals surface area contributed by atoms with Crippen LogP contribution in [0.1, 0.15) is 13.8 Å². The molecule has 0 atom stereocenters. The first-order valence-corrected chi connectivity index (χ1v) is 15.5. The Bertz CT molecular complexity index is 770. The van der Waals surface area contributed by atoms with Crippen LogP contribution in [0.5, 0.6) is 0 Å². The fourth-order valence-electron chi connectivity index (χ4n) is 2.88. The van der Waals surface area contributed by atoms with Gasteiger partial charge in [-0.2, -0.15) is 0 Å². The van der Waals surface area contributed by atoms with E-state index >= 15 is 0 Å². The van der Waals surface area contributed by atoms with Crippen LogP contribution in [0.15, 0.2) is 96.0 Å². The predicted octanol–water partition coefficient (Wildman–Crippen LogP) is 5.89. The number of halogens is 2. The van der Waals surface area contributed by atoms with Crippen LogP contribution >= 0.6 is 27.3 Å². The first kappa shape index (κ1) is 25.0. The van der Waals surface area contributed by atoms with E-state index in [4.69, 9.17) is 24.1 Å². The molecule has 0 radical (unpaired) electrons. The van der Waals surface area contributed by atoms with Gasteiger partial charge in [-0.3, -0.25) is 4.99 Å². The molecular formula is C24H26Cl2NOPRu. The van der Waals surface area contributed by atoms with Gasteiger partial charge in [0.15, 0.2) is 5.90 Å².